The van der Waals surface area contributed by atoms with Crippen LogP contribution >= 0.6 is 79.6 Å². The highest BCUT2D eigenvalue weighted by atomic mass is 79.9. The number of pyridine rings is 10. The second-order valence-corrected chi connectivity index (χ2v) is 36.5. The largest absolute Gasteiger partial charge is 0.396 e. The highest BCUT2D eigenvalue weighted by Gasteiger charge is 2.29. The lowest BCUT2D eigenvalue weighted by molar-refractivity contribution is 0.240. The van der Waals surface area contributed by atoms with Crippen molar-refractivity contribution in [3.63, 3.8) is 0 Å². The number of aliphatic hydroxyl groups is 5. The van der Waals surface area contributed by atoms with E-state index in [4.69, 9.17) is 0 Å². The molecule has 672 valence electrons. The van der Waals surface area contributed by atoms with Crippen molar-refractivity contribution in [2.24, 2.45) is 11.8 Å². The molecule has 0 saturated carbocycles. The Labute approximate surface area is 786 Å². The normalized spacial score (nSPS) is 15.5. The number of rotatable bonds is 30. The maximum absolute atomic E-state index is 9.78. The maximum atomic E-state index is 9.78. The lowest BCUT2D eigenvalue weighted by Crippen LogP contribution is -2.42. The summed E-state index contributed by atoms with van der Waals surface area (Å²) in [5.41, 5.74) is 19.9. The van der Waals surface area contributed by atoms with E-state index in [1.54, 1.807) is 43.4 Å². The van der Waals surface area contributed by atoms with Gasteiger partial charge in [-0.1, -0.05) is 58.0 Å². The van der Waals surface area contributed by atoms with Crippen LogP contribution in [0.25, 0.3) is 28.2 Å². The number of nitrogens with one attached hydrogen (secondary N) is 7. The van der Waals surface area contributed by atoms with Gasteiger partial charge in [0, 0.05) is 158 Å². The van der Waals surface area contributed by atoms with Gasteiger partial charge in [0.25, 0.3) is 0 Å². The topological polar surface area (TPSA) is 346 Å². The Hall–Kier alpha value is -10.6. The van der Waals surface area contributed by atoms with E-state index in [0.717, 1.165) is 194 Å². The minimum absolute atomic E-state index is 0.00841. The molecule has 15 aromatic rings. The van der Waals surface area contributed by atoms with Crippen molar-refractivity contribution in [3.8, 4) is 0 Å². The summed E-state index contributed by atoms with van der Waals surface area (Å²) in [5, 5.41) is 72.3. The van der Waals surface area contributed by atoms with E-state index in [2.05, 4.69) is 262 Å². The summed E-state index contributed by atoms with van der Waals surface area (Å²) in [5.74, 6) is 0.637. The molecule has 2 unspecified atom stereocenters. The molecule has 3 aliphatic rings. The van der Waals surface area contributed by atoms with E-state index in [-0.39, 0.29) is 57.2 Å². The number of imidazole rings is 5. The number of piperidine rings is 2. The minimum Gasteiger partial charge on any atom is -0.396 e. The second-order valence-electron chi connectivity index (χ2n) is 32.5. The maximum Gasteiger partial charge on any atom is 0.161 e. The lowest BCUT2D eigenvalue weighted by Gasteiger charge is -2.37. The smallest absolute Gasteiger partial charge is 0.161 e. The van der Waals surface area contributed by atoms with Crippen LogP contribution < -0.4 is 51.9 Å². The molecule has 0 bridgehead atoms. The van der Waals surface area contributed by atoms with E-state index in [1.165, 1.54) is 19.3 Å². The first-order valence-electron chi connectivity index (χ1n) is 43.3. The molecule has 3 aliphatic heterocycles. The number of hydrogen-bond donors (Lipinski definition) is 12. The van der Waals surface area contributed by atoms with Gasteiger partial charge in [-0.25, -0.2) is 24.9 Å². The van der Waals surface area contributed by atoms with Gasteiger partial charge in [-0.05, 0) is 238 Å². The standard InChI is InChI=1S/C20H24BrN5O.C19H22BrN5O.C18H20BrN5O.2C18H22BrN5O/c21-19-13-24-20-18(23-12-15-4-3-7-22-11-15)10-17(14-26(19)20)25-8-2-1-5-16(25)6-9-27;20-18-11-23-19-17(22-10-14-4-3-6-21-9-14)8-16(12-25(18)19)24-7-2-1-5-15(24)13-26;19-17-10-22-18-16(21-9-13-3-1-5-20-8-13)7-15(11-24(17)18)23-6-2-4-14(23)12-25;2*1-12(2)16(11-25)23-14-6-15(18-22-9-17(19)24(18)10-14)21-8-13-4-3-5-20-7-13/h3-4,7,10-11,13-14,16,23,27H,1-2,5-6,8-9,12H2;3-4,6,8-9,11-12,15,22,26H,1-2,5,7,10,13H2;1,3,5,7-8,10-11,14,21,25H,2,4,6,9,12H2;2*3-7,9-10,12,16,21,23,25H,8,11H2,1-2H3/t;;14-;2*16-/m..010/s1. The van der Waals surface area contributed by atoms with Gasteiger partial charge < -0.3 is 77.4 Å². The van der Waals surface area contributed by atoms with E-state index in [0.29, 0.717) is 50.6 Å². The summed E-state index contributed by atoms with van der Waals surface area (Å²) >= 11 is 17.8. The summed E-state index contributed by atoms with van der Waals surface area (Å²) in [6, 6.07) is 31.1. The van der Waals surface area contributed by atoms with Crippen LogP contribution in [0.15, 0.2) is 238 Å². The van der Waals surface area contributed by atoms with E-state index in [1.807, 2.05) is 140 Å². The van der Waals surface area contributed by atoms with Gasteiger partial charge in [-0.15, -0.1) is 0 Å². The van der Waals surface area contributed by atoms with Crippen LogP contribution in [0.4, 0.5) is 56.9 Å². The van der Waals surface area contributed by atoms with Crippen LogP contribution in [0, 0.1) is 11.8 Å². The number of nitrogens with zero attached hydrogens (tertiary/aromatic N) is 18. The van der Waals surface area contributed by atoms with Gasteiger partial charge in [0.2, 0.25) is 0 Å². The number of halogens is 5. The molecular weight excluding hydrogens is 1950 g/mol. The molecule has 0 aromatic carbocycles. The molecule has 18 rings (SSSR count). The van der Waals surface area contributed by atoms with Crippen LogP contribution in [-0.4, -0.2) is 180 Å². The van der Waals surface area contributed by atoms with Crippen LogP contribution in [-0.2, 0) is 32.7 Å². The van der Waals surface area contributed by atoms with Crippen LogP contribution in [0.2, 0.25) is 0 Å². The fourth-order valence-electron chi connectivity index (χ4n) is 16.0. The molecule has 0 aliphatic carbocycles. The first-order chi connectivity index (χ1) is 62.4. The predicted octanol–water partition coefficient (Wildman–Crippen LogP) is 17.4. The van der Waals surface area contributed by atoms with Crippen molar-refractivity contribution in [3.05, 3.63) is 266 Å². The van der Waals surface area contributed by atoms with Gasteiger partial charge in [0.05, 0.1) is 138 Å². The molecule has 0 amide bonds. The zero-order valence-electron chi connectivity index (χ0n) is 72.0. The quantitative estimate of drug-likeness (QED) is 0.0199. The molecule has 30 nitrogen and oxygen atoms in total. The summed E-state index contributed by atoms with van der Waals surface area (Å²) < 4.78 is 14.6. The van der Waals surface area contributed by atoms with Crippen LogP contribution in [0.1, 0.15) is 113 Å². The molecule has 0 spiro atoms. The minimum atomic E-state index is -0.00841. The highest BCUT2D eigenvalue weighted by Crippen LogP contribution is 2.37. The van der Waals surface area contributed by atoms with Gasteiger partial charge in [-0.2, -0.15) is 0 Å². The highest BCUT2D eigenvalue weighted by molar-refractivity contribution is 9.11. The summed E-state index contributed by atoms with van der Waals surface area (Å²) in [7, 11) is 0. The molecule has 3 fully saturated rings. The predicted molar refractivity (Wildman–Crippen MR) is 527 cm³/mol. The first-order valence-corrected chi connectivity index (χ1v) is 47.3. The first kappa shape index (κ1) is 93.5. The number of aliphatic hydroxyl groups excluding tert-OH is 5. The summed E-state index contributed by atoms with van der Waals surface area (Å²) in [4.78, 5) is 50.3. The van der Waals surface area contributed by atoms with Crippen LogP contribution in [0.5, 0.6) is 0 Å². The molecule has 15 aromatic heterocycles. The molecule has 35 heteroatoms. The Morgan fingerprint density at radius 2 is 0.617 bits per heavy atom. The zero-order valence-corrected chi connectivity index (χ0v) is 79.9. The van der Waals surface area contributed by atoms with Crippen molar-refractivity contribution in [2.75, 3.05) is 105 Å². The second kappa shape index (κ2) is 46.1. The third kappa shape index (κ3) is 24.1. The lowest BCUT2D eigenvalue weighted by atomic mass is 9.99. The Bertz CT molecular complexity index is 5850. The average molecular weight is 2060 g/mol. The number of fused-ring (bicyclic) bond motifs is 5. The number of aromatic nitrogens is 15. The van der Waals surface area contributed by atoms with E-state index in [9.17, 15) is 25.5 Å². The van der Waals surface area contributed by atoms with E-state index < -0.39 is 0 Å². The molecule has 3 saturated heterocycles. The average Bonchev–Trinajstić information content (AvgIpc) is 1.62. The van der Waals surface area contributed by atoms with E-state index >= 15 is 0 Å². The zero-order chi connectivity index (χ0) is 89.4. The Morgan fingerprint density at radius 1 is 0.344 bits per heavy atom. The van der Waals surface area contributed by atoms with Gasteiger partial charge in [0.1, 0.15) is 23.0 Å². The SMILES string of the molecule is CC(C)[C@@H](CO)Nc1cc(NCc2cccnc2)c2ncc(Br)n2c1.CC(C)[C@H](CO)Nc1cc(NCc2cccnc2)c2ncc(Br)n2c1.OCC1CCCCN1c1cc(NCc2cccnc2)c2ncc(Br)n2c1.OCCC1CCCCN1c1cc(NCc2cccnc2)c2ncc(Br)n2c1.OC[C@@H]1CCCN1c1cc(NCc2cccnc2)c2ncc(Br)n2c1. The summed E-state index contributed by atoms with van der Waals surface area (Å²) in [6.07, 6.45) is 47.2. The van der Waals surface area contributed by atoms with Crippen molar-refractivity contribution < 1.29 is 25.5 Å². The molecule has 12 N–H and O–H groups in total. The van der Waals surface area contributed by atoms with Gasteiger partial charge in [0.15, 0.2) is 28.2 Å². The fraction of sp³-hybridized carbons (Fsp3) is 0.355. The van der Waals surface area contributed by atoms with Gasteiger partial charge in [-0.3, -0.25) is 46.9 Å². The molecule has 5 atom stereocenters. The third-order valence-corrected chi connectivity index (χ3v) is 25.9. The van der Waals surface area contributed by atoms with Crippen molar-refractivity contribution >= 4 is 165 Å². The molecule has 18 heterocycles. The van der Waals surface area contributed by atoms with Crippen molar-refractivity contribution in [1.82, 2.24) is 71.8 Å². The number of anilines is 10. The van der Waals surface area contributed by atoms with Gasteiger partial charge >= 0.3 is 0 Å². The Kier molecular flexibility index (Phi) is 33.7. The number of hydrogen-bond acceptors (Lipinski definition) is 25. The summed E-state index contributed by atoms with van der Waals surface area (Å²) in [6.45, 7) is 15.4. The molecule has 128 heavy (non-hydrogen) atoms. The Morgan fingerprint density at radius 3 is 0.891 bits per heavy atom. The van der Waals surface area contributed by atoms with Crippen molar-refractivity contribution in [1.29, 1.82) is 0 Å². The Balaban J connectivity index is 0.000000129. The fourth-order valence-corrected chi connectivity index (χ4v) is 17.9. The molecule has 0 radical (unpaired) electrons. The van der Waals surface area contributed by atoms with Crippen LogP contribution in [0.3, 0.4) is 0 Å². The van der Waals surface area contributed by atoms with Crippen molar-refractivity contribution in [2.45, 2.75) is 148 Å². The molecular formula is C93H110Br5N25O5. The monoisotopic (exact) mass is 2050 g/mol. The third-order valence-electron chi connectivity index (χ3n) is 23.0.